The van der Waals surface area contributed by atoms with Gasteiger partial charge < -0.3 is 5.11 Å². The number of rotatable bonds is 3. The fourth-order valence-electron chi connectivity index (χ4n) is 1.63. The molecule has 5 nitrogen and oxygen atoms in total. The molecule has 88 valence electrons. The number of hydrogen-bond acceptors (Lipinski definition) is 3. The Morgan fingerprint density at radius 1 is 1.59 bits per heavy atom. The molecule has 0 saturated heterocycles. The first-order valence-electron chi connectivity index (χ1n) is 4.93. The number of carboxylic acid groups (broad SMARTS) is 1. The number of nitrogens with zero attached hydrogens (tertiary/aromatic N) is 3. The van der Waals surface area contributed by atoms with Crippen LogP contribution in [0.4, 0.5) is 0 Å². The summed E-state index contributed by atoms with van der Waals surface area (Å²) >= 11 is 3.39. The van der Waals surface area contributed by atoms with Gasteiger partial charge in [-0.25, -0.2) is 0 Å². The van der Waals surface area contributed by atoms with Crippen molar-refractivity contribution in [3.05, 3.63) is 34.7 Å². The molecule has 2 aromatic rings. The van der Waals surface area contributed by atoms with Crippen molar-refractivity contribution >= 4 is 21.9 Å². The van der Waals surface area contributed by atoms with Crippen LogP contribution in [0.5, 0.6) is 0 Å². The van der Waals surface area contributed by atoms with Crippen LogP contribution in [-0.2, 0) is 18.3 Å². The quantitative estimate of drug-likeness (QED) is 0.939. The average molecular weight is 296 g/mol. The number of aryl methyl sites for hydroxylation is 1. The van der Waals surface area contributed by atoms with Crippen LogP contribution in [0.25, 0.3) is 11.3 Å². The van der Waals surface area contributed by atoms with Gasteiger partial charge in [-0.1, -0.05) is 0 Å². The molecule has 1 N–H and O–H groups in total. The van der Waals surface area contributed by atoms with Gasteiger partial charge in [0.1, 0.15) is 0 Å². The Kier molecular flexibility index (Phi) is 3.23. The smallest absolute Gasteiger partial charge is 0.309 e. The Morgan fingerprint density at radius 2 is 2.35 bits per heavy atom. The Labute approximate surface area is 106 Å². The molecule has 0 atom stereocenters. The van der Waals surface area contributed by atoms with E-state index in [1.54, 1.807) is 24.1 Å². The molecule has 17 heavy (non-hydrogen) atoms. The minimum atomic E-state index is -0.901. The lowest BCUT2D eigenvalue weighted by Gasteiger charge is -2.01. The van der Waals surface area contributed by atoms with Gasteiger partial charge in [0.2, 0.25) is 0 Å². The van der Waals surface area contributed by atoms with E-state index in [2.05, 4.69) is 26.0 Å². The van der Waals surface area contributed by atoms with Crippen molar-refractivity contribution in [3.63, 3.8) is 0 Å². The summed E-state index contributed by atoms with van der Waals surface area (Å²) in [4.78, 5) is 14.7. The second kappa shape index (κ2) is 4.67. The molecule has 0 unspecified atom stereocenters. The maximum Gasteiger partial charge on any atom is 0.309 e. The van der Waals surface area contributed by atoms with Crippen molar-refractivity contribution in [3.8, 4) is 11.3 Å². The van der Waals surface area contributed by atoms with Gasteiger partial charge in [0.15, 0.2) is 0 Å². The normalized spacial score (nSPS) is 10.5. The second-order valence-electron chi connectivity index (χ2n) is 3.55. The molecule has 0 aliphatic carbocycles. The summed E-state index contributed by atoms with van der Waals surface area (Å²) in [5.74, 6) is -0.901. The molecule has 2 rings (SSSR count). The van der Waals surface area contributed by atoms with Gasteiger partial charge in [0.25, 0.3) is 0 Å². The Hall–Kier alpha value is -1.69. The lowest BCUT2D eigenvalue weighted by Crippen LogP contribution is -2.02. The molecule has 6 heteroatoms. The van der Waals surface area contributed by atoms with Gasteiger partial charge in [-0.05, 0) is 28.1 Å². The summed E-state index contributed by atoms with van der Waals surface area (Å²) < 4.78 is 2.36. The molecule has 0 spiro atoms. The molecule has 0 fully saturated rings. The van der Waals surface area contributed by atoms with Crippen LogP contribution in [0.15, 0.2) is 29.0 Å². The minimum absolute atomic E-state index is 0.102. The van der Waals surface area contributed by atoms with Gasteiger partial charge in [0, 0.05) is 25.0 Å². The van der Waals surface area contributed by atoms with Gasteiger partial charge in [-0.3, -0.25) is 14.5 Å². The highest BCUT2D eigenvalue weighted by atomic mass is 79.9. The predicted molar refractivity (Wildman–Crippen MR) is 65.5 cm³/mol. The van der Waals surface area contributed by atoms with Crippen LogP contribution >= 0.6 is 15.9 Å². The van der Waals surface area contributed by atoms with Crippen LogP contribution in [0.2, 0.25) is 0 Å². The van der Waals surface area contributed by atoms with E-state index in [-0.39, 0.29) is 6.42 Å². The zero-order chi connectivity index (χ0) is 12.4. The summed E-state index contributed by atoms with van der Waals surface area (Å²) in [5.41, 5.74) is 2.24. The fourth-order valence-corrected chi connectivity index (χ4v) is 2.33. The molecule has 2 aromatic heterocycles. The summed E-state index contributed by atoms with van der Waals surface area (Å²) in [5, 5.41) is 13.0. The lowest BCUT2D eigenvalue weighted by molar-refractivity contribution is -0.136. The predicted octanol–water partition coefficient (Wildman–Crippen LogP) is 1.87. The first-order chi connectivity index (χ1) is 8.09. The van der Waals surface area contributed by atoms with E-state index in [0.717, 1.165) is 11.3 Å². The standard InChI is InChI=1S/C11H10BrN3O2/c1-15-11(7-3-2-4-13-6-7)10(12)8(14-15)5-9(16)17/h2-4,6H,5H2,1H3,(H,16,17). The first kappa shape index (κ1) is 11.8. The van der Waals surface area contributed by atoms with E-state index in [0.29, 0.717) is 10.2 Å². The van der Waals surface area contributed by atoms with E-state index < -0.39 is 5.97 Å². The van der Waals surface area contributed by atoms with Gasteiger partial charge in [-0.2, -0.15) is 5.10 Å². The topological polar surface area (TPSA) is 68.0 Å². The average Bonchev–Trinajstić information content (AvgIpc) is 2.54. The molecule has 0 radical (unpaired) electrons. The van der Waals surface area contributed by atoms with E-state index in [9.17, 15) is 4.79 Å². The highest BCUT2D eigenvalue weighted by Gasteiger charge is 2.17. The maximum atomic E-state index is 10.7. The monoisotopic (exact) mass is 295 g/mol. The number of aliphatic carboxylic acids is 1. The molecular weight excluding hydrogens is 286 g/mol. The SMILES string of the molecule is Cn1nc(CC(=O)O)c(Br)c1-c1cccnc1. The Balaban J connectivity index is 2.49. The van der Waals surface area contributed by atoms with E-state index in [1.807, 2.05) is 12.1 Å². The maximum absolute atomic E-state index is 10.7. The third-order valence-electron chi connectivity index (χ3n) is 2.31. The number of aromatic nitrogens is 3. The van der Waals surface area contributed by atoms with Gasteiger partial charge in [-0.15, -0.1) is 0 Å². The number of halogens is 1. The molecule has 0 aromatic carbocycles. The van der Waals surface area contributed by atoms with E-state index in [4.69, 9.17) is 5.11 Å². The summed E-state index contributed by atoms with van der Waals surface area (Å²) in [6.07, 6.45) is 3.30. The van der Waals surface area contributed by atoms with Crippen molar-refractivity contribution in [1.29, 1.82) is 0 Å². The molecule has 0 aliphatic rings. The van der Waals surface area contributed by atoms with Crippen molar-refractivity contribution in [2.45, 2.75) is 6.42 Å². The van der Waals surface area contributed by atoms with Crippen LogP contribution < -0.4 is 0 Å². The second-order valence-corrected chi connectivity index (χ2v) is 4.34. The molecule has 0 saturated carbocycles. The summed E-state index contributed by atoms with van der Waals surface area (Å²) in [6, 6.07) is 3.73. The Morgan fingerprint density at radius 3 is 2.94 bits per heavy atom. The molecule has 0 bridgehead atoms. The molecule has 0 aliphatic heterocycles. The highest BCUT2D eigenvalue weighted by Crippen LogP contribution is 2.30. The largest absolute Gasteiger partial charge is 0.481 e. The van der Waals surface area contributed by atoms with Crippen LogP contribution in [0, 0.1) is 0 Å². The number of pyridine rings is 1. The molecule has 0 amide bonds. The van der Waals surface area contributed by atoms with Crippen molar-refractivity contribution in [2.75, 3.05) is 0 Å². The minimum Gasteiger partial charge on any atom is -0.481 e. The first-order valence-corrected chi connectivity index (χ1v) is 5.72. The highest BCUT2D eigenvalue weighted by molar-refractivity contribution is 9.10. The summed E-state index contributed by atoms with van der Waals surface area (Å²) in [7, 11) is 1.78. The van der Waals surface area contributed by atoms with E-state index >= 15 is 0 Å². The lowest BCUT2D eigenvalue weighted by atomic mass is 10.2. The van der Waals surface area contributed by atoms with Crippen molar-refractivity contribution in [2.24, 2.45) is 7.05 Å². The van der Waals surface area contributed by atoms with E-state index in [1.165, 1.54) is 0 Å². The van der Waals surface area contributed by atoms with Crippen molar-refractivity contribution < 1.29 is 9.90 Å². The van der Waals surface area contributed by atoms with Crippen LogP contribution in [0.3, 0.4) is 0 Å². The number of hydrogen-bond donors (Lipinski definition) is 1. The number of carbonyl (C=O) groups is 1. The Bertz CT molecular complexity index is 551. The summed E-state index contributed by atoms with van der Waals surface area (Å²) in [6.45, 7) is 0. The fraction of sp³-hybridized carbons (Fsp3) is 0.182. The molecule has 2 heterocycles. The third kappa shape index (κ3) is 2.36. The zero-order valence-electron chi connectivity index (χ0n) is 9.09. The number of carboxylic acids is 1. The molecular formula is C11H10BrN3O2. The van der Waals surface area contributed by atoms with Gasteiger partial charge in [0.05, 0.1) is 22.3 Å². The van der Waals surface area contributed by atoms with Crippen LogP contribution in [-0.4, -0.2) is 25.8 Å². The zero-order valence-corrected chi connectivity index (χ0v) is 10.7. The van der Waals surface area contributed by atoms with Crippen molar-refractivity contribution in [1.82, 2.24) is 14.8 Å². The van der Waals surface area contributed by atoms with Crippen LogP contribution in [0.1, 0.15) is 5.69 Å². The third-order valence-corrected chi connectivity index (χ3v) is 3.14. The van der Waals surface area contributed by atoms with Gasteiger partial charge >= 0.3 is 5.97 Å².